The van der Waals surface area contributed by atoms with Gasteiger partial charge in [0, 0.05) is 12.1 Å². The summed E-state index contributed by atoms with van der Waals surface area (Å²) < 4.78 is 0. The molecule has 1 heterocycles. The van der Waals surface area contributed by atoms with Crippen LogP contribution in [0.3, 0.4) is 0 Å². The van der Waals surface area contributed by atoms with E-state index >= 15 is 0 Å². The summed E-state index contributed by atoms with van der Waals surface area (Å²) in [4.78, 5) is 23.0. The fraction of sp³-hybridized carbons (Fsp3) is 0.273. The lowest BCUT2D eigenvalue weighted by Crippen LogP contribution is -2.71. The second kappa shape index (κ2) is 4.42. The van der Waals surface area contributed by atoms with Crippen LogP contribution < -0.4 is 16.4 Å². The van der Waals surface area contributed by atoms with Gasteiger partial charge in [-0.05, 0) is 24.3 Å². The van der Waals surface area contributed by atoms with E-state index in [2.05, 4.69) is 10.6 Å². The molecule has 2 amide bonds. The molecule has 2 atom stereocenters. The number of carbonyl (C=O) groups excluding carboxylic acids is 2. The van der Waals surface area contributed by atoms with E-state index in [-0.39, 0.29) is 30.2 Å². The number of carbonyl (C=O) groups is 2. The van der Waals surface area contributed by atoms with E-state index in [0.717, 1.165) is 0 Å². The van der Waals surface area contributed by atoms with Crippen molar-refractivity contribution in [2.45, 2.75) is 12.1 Å². The number of benzene rings is 1. The molecule has 0 aliphatic carbocycles. The lowest BCUT2D eigenvalue weighted by atomic mass is 9.98. The molecule has 5 N–H and O–H groups in total. The number of aromatic hydroxyl groups is 1. The Hall–Kier alpha value is -2.08. The topological polar surface area (TPSA) is 104 Å². The highest BCUT2D eigenvalue weighted by atomic mass is 16.3. The van der Waals surface area contributed by atoms with E-state index in [4.69, 9.17) is 10.8 Å². The van der Waals surface area contributed by atoms with Crippen molar-refractivity contribution in [3.63, 3.8) is 0 Å². The van der Waals surface area contributed by atoms with Crippen molar-refractivity contribution < 1.29 is 14.7 Å². The van der Waals surface area contributed by atoms with Gasteiger partial charge in [-0.25, -0.2) is 0 Å². The second-order valence-electron chi connectivity index (χ2n) is 3.85. The third kappa shape index (κ3) is 2.21. The molecule has 1 aliphatic rings. The van der Waals surface area contributed by atoms with E-state index in [1.165, 1.54) is 24.3 Å². The van der Waals surface area contributed by atoms with Gasteiger partial charge >= 0.3 is 0 Å². The van der Waals surface area contributed by atoms with Gasteiger partial charge in [-0.15, -0.1) is 0 Å². The van der Waals surface area contributed by atoms with E-state index in [1.807, 2.05) is 0 Å². The molecule has 1 aromatic carbocycles. The lowest BCUT2D eigenvalue weighted by molar-refractivity contribution is -0.131. The van der Waals surface area contributed by atoms with E-state index < -0.39 is 6.04 Å². The molecular weight excluding hydrogens is 222 g/mol. The quantitative estimate of drug-likeness (QED) is 0.502. The molecule has 1 aromatic rings. The van der Waals surface area contributed by atoms with Crippen LogP contribution in [0.15, 0.2) is 24.3 Å². The number of phenols is 1. The summed E-state index contributed by atoms with van der Waals surface area (Å²) in [6.07, 6.45) is 0. The fourth-order valence-electron chi connectivity index (χ4n) is 1.64. The van der Waals surface area contributed by atoms with Crippen molar-refractivity contribution in [2.24, 2.45) is 5.73 Å². The number of phenolic OH excluding ortho intramolecular Hbond substituents is 1. The van der Waals surface area contributed by atoms with Crippen LogP contribution in [0.25, 0.3) is 0 Å². The highest BCUT2D eigenvalue weighted by molar-refractivity contribution is 5.99. The maximum absolute atomic E-state index is 11.8. The third-order valence-electron chi connectivity index (χ3n) is 2.68. The van der Waals surface area contributed by atoms with Crippen molar-refractivity contribution >= 4 is 11.8 Å². The molecule has 90 valence electrons. The number of hydrogen-bond donors (Lipinski definition) is 4. The summed E-state index contributed by atoms with van der Waals surface area (Å²) in [5.41, 5.74) is 5.81. The predicted octanol–water partition coefficient (Wildman–Crippen LogP) is -1.05. The Morgan fingerprint density at radius 3 is 2.59 bits per heavy atom. The zero-order valence-corrected chi connectivity index (χ0v) is 9.01. The summed E-state index contributed by atoms with van der Waals surface area (Å²) in [5, 5.41) is 14.3. The van der Waals surface area contributed by atoms with Crippen molar-refractivity contribution in [2.75, 3.05) is 6.54 Å². The number of nitrogens with two attached hydrogens (primary N) is 1. The number of nitrogens with one attached hydrogen (secondary N) is 2. The van der Waals surface area contributed by atoms with Crippen molar-refractivity contribution in [3.8, 4) is 5.75 Å². The Morgan fingerprint density at radius 2 is 2.06 bits per heavy atom. The summed E-state index contributed by atoms with van der Waals surface area (Å²) in [6.45, 7) is 0.284. The maximum atomic E-state index is 11.8. The van der Waals surface area contributed by atoms with Gasteiger partial charge in [0.25, 0.3) is 5.91 Å². The van der Waals surface area contributed by atoms with Crippen molar-refractivity contribution in [1.82, 2.24) is 10.6 Å². The lowest BCUT2D eigenvalue weighted by Gasteiger charge is -2.36. The maximum Gasteiger partial charge on any atom is 0.251 e. The van der Waals surface area contributed by atoms with Gasteiger partial charge in [0.1, 0.15) is 11.8 Å². The first-order chi connectivity index (χ1) is 8.11. The van der Waals surface area contributed by atoms with Crippen molar-refractivity contribution in [3.05, 3.63) is 29.8 Å². The molecular formula is C11H13N3O3. The molecule has 1 aliphatic heterocycles. The number of β-lactam (4-membered cyclic amide) rings is 1. The van der Waals surface area contributed by atoms with Gasteiger partial charge < -0.3 is 21.5 Å². The van der Waals surface area contributed by atoms with E-state index in [9.17, 15) is 9.59 Å². The largest absolute Gasteiger partial charge is 0.508 e. The molecule has 0 bridgehead atoms. The molecule has 0 saturated carbocycles. The van der Waals surface area contributed by atoms with Gasteiger partial charge in [-0.1, -0.05) is 0 Å². The van der Waals surface area contributed by atoms with E-state index in [0.29, 0.717) is 5.56 Å². The Labute approximate surface area is 97.8 Å². The Balaban J connectivity index is 2.02. The van der Waals surface area contributed by atoms with Crippen LogP contribution in [0.1, 0.15) is 10.4 Å². The summed E-state index contributed by atoms with van der Waals surface area (Å²) >= 11 is 0. The van der Waals surface area contributed by atoms with Gasteiger partial charge in [0.2, 0.25) is 5.91 Å². The second-order valence-corrected chi connectivity index (χ2v) is 3.85. The smallest absolute Gasteiger partial charge is 0.251 e. The normalized spacial score (nSPS) is 22.5. The Morgan fingerprint density at radius 1 is 1.41 bits per heavy atom. The molecule has 0 spiro atoms. The summed E-state index contributed by atoms with van der Waals surface area (Å²) in [6, 6.07) is 5.02. The van der Waals surface area contributed by atoms with Crippen LogP contribution in [0.5, 0.6) is 5.75 Å². The van der Waals surface area contributed by atoms with Crippen molar-refractivity contribution in [1.29, 1.82) is 0 Å². The zero-order chi connectivity index (χ0) is 12.4. The first-order valence-corrected chi connectivity index (χ1v) is 5.22. The number of hydrogen-bond acceptors (Lipinski definition) is 4. The highest BCUT2D eigenvalue weighted by Crippen LogP contribution is 2.11. The summed E-state index contributed by atoms with van der Waals surface area (Å²) in [7, 11) is 0. The molecule has 2 rings (SSSR count). The fourth-order valence-corrected chi connectivity index (χ4v) is 1.64. The van der Waals surface area contributed by atoms with Crippen LogP contribution in [0, 0.1) is 0 Å². The van der Waals surface area contributed by atoms with Gasteiger partial charge in [-0.2, -0.15) is 0 Å². The van der Waals surface area contributed by atoms with Gasteiger partial charge in [0.15, 0.2) is 0 Å². The zero-order valence-electron chi connectivity index (χ0n) is 9.01. The average molecular weight is 235 g/mol. The van der Waals surface area contributed by atoms with E-state index in [1.54, 1.807) is 0 Å². The SMILES string of the molecule is NC[C@@H]1NC(=O)[C@@H]1NC(=O)c1ccc(O)cc1. The van der Waals surface area contributed by atoms with Crippen LogP contribution >= 0.6 is 0 Å². The van der Waals surface area contributed by atoms with Crippen LogP contribution in [-0.4, -0.2) is 35.5 Å². The molecule has 6 nitrogen and oxygen atoms in total. The minimum Gasteiger partial charge on any atom is -0.508 e. The number of rotatable bonds is 3. The van der Waals surface area contributed by atoms with Crippen LogP contribution in [0.2, 0.25) is 0 Å². The monoisotopic (exact) mass is 235 g/mol. The average Bonchev–Trinajstić information content (AvgIpc) is 2.33. The molecule has 0 unspecified atom stereocenters. The first kappa shape index (κ1) is 11.4. The van der Waals surface area contributed by atoms with Gasteiger partial charge in [0.05, 0.1) is 6.04 Å². The third-order valence-corrected chi connectivity index (χ3v) is 2.68. The first-order valence-electron chi connectivity index (χ1n) is 5.22. The molecule has 1 saturated heterocycles. The van der Waals surface area contributed by atoms with Crippen LogP contribution in [-0.2, 0) is 4.79 Å². The standard InChI is InChI=1S/C11H13N3O3/c12-5-8-9(11(17)13-8)14-10(16)6-1-3-7(15)4-2-6/h1-4,8-9,15H,5,12H2,(H,13,17)(H,14,16)/t8-,9+/m0/s1. The molecule has 1 fully saturated rings. The minimum atomic E-state index is -0.568. The highest BCUT2D eigenvalue weighted by Gasteiger charge is 2.39. The Bertz CT molecular complexity index is 444. The molecule has 0 aromatic heterocycles. The molecule has 17 heavy (non-hydrogen) atoms. The molecule has 0 radical (unpaired) electrons. The Kier molecular flexibility index (Phi) is 2.97. The minimum absolute atomic E-state index is 0.0859. The van der Waals surface area contributed by atoms with Gasteiger partial charge in [-0.3, -0.25) is 9.59 Å². The molecule has 6 heteroatoms. The predicted molar refractivity (Wildman–Crippen MR) is 60.3 cm³/mol. The van der Waals surface area contributed by atoms with Crippen LogP contribution in [0.4, 0.5) is 0 Å². The number of amides is 2. The summed E-state index contributed by atoms with van der Waals surface area (Å²) in [5.74, 6) is -0.501.